The SMILES string of the molecule is CCN(C(=O)CN[C@H](C)c1cccc(Br)c1)C1CC1. The monoisotopic (exact) mass is 324 g/mol. The van der Waals surface area contributed by atoms with Crippen LogP contribution in [0.4, 0.5) is 0 Å². The van der Waals surface area contributed by atoms with E-state index in [1.54, 1.807) is 0 Å². The molecule has 0 spiro atoms. The lowest BCUT2D eigenvalue weighted by Crippen LogP contribution is -2.40. The molecule has 104 valence electrons. The maximum atomic E-state index is 12.1. The lowest BCUT2D eigenvalue weighted by atomic mass is 10.1. The third kappa shape index (κ3) is 4.05. The van der Waals surface area contributed by atoms with Crippen molar-refractivity contribution in [2.45, 2.75) is 38.8 Å². The summed E-state index contributed by atoms with van der Waals surface area (Å²) in [6, 6.07) is 8.86. The van der Waals surface area contributed by atoms with Crippen LogP contribution in [0.2, 0.25) is 0 Å². The number of amides is 1. The van der Waals surface area contributed by atoms with Crippen molar-refractivity contribution in [2.24, 2.45) is 0 Å². The zero-order chi connectivity index (χ0) is 13.8. The van der Waals surface area contributed by atoms with Crippen LogP contribution in [0, 0.1) is 0 Å². The highest BCUT2D eigenvalue weighted by molar-refractivity contribution is 9.10. The molecule has 2 rings (SSSR count). The van der Waals surface area contributed by atoms with Crippen molar-refractivity contribution in [3.8, 4) is 0 Å². The number of hydrogen-bond donors (Lipinski definition) is 1. The standard InChI is InChI=1S/C15H21BrN2O/c1-3-18(14-7-8-14)15(19)10-17-11(2)12-5-4-6-13(16)9-12/h4-6,9,11,14,17H,3,7-8,10H2,1-2H3/t11-/m1/s1. The van der Waals surface area contributed by atoms with E-state index < -0.39 is 0 Å². The molecule has 0 saturated heterocycles. The summed E-state index contributed by atoms with van der Waals surface area (Å²) in [4.78, 5) is 14.1. The Balaban J connectivity index is 1.85. The van der Waals surface area contributed by atoms with E-state index in [-0.39, 0.29) is 11.9 Å². The van der Waals surface area contributed by atoms with Crippen LogP contribution >= 0.6 is 15.9 Å². The normalized spacial score (nSPS) is 16.2. The van der Waals surface area contributed by atoms with Gasteiger partial charge in [-0.05, 0) is 44.4 Å². The average Bonchev–Trinajstić information content (AvgIpc) is 3.21. The third-order valence-corrected chi connectivity index (χ3v) is 4.05. The molecule has 0 aliphatic heterocycles. The van der Waals surface area contributed by atoms with E-state index in [0.717, 1.165) is 11.0 Å². The number of halogens is 1. The van der Waals surface area contributed by atoms with Crippen molar-refractivity contribution in [3.05, 3.63) is 34.3 Å². The highest BCUT2D eigenvalue weighted by Gasteiger charge is 2.31. The van der Waals surface area contributed by atoms with Gasteiger partial charge in [0.1, 0.15) is 0 Å². The molecule has 3 nitrogen and oxygen atoms in total. The molecule has 0 heterocycles. The summed E-state index contributed by atoms with van der Waals surface area (Å²) in [5.41, 5.74) is 1.19. The Kier molecular flexibility index (Phi) is 4.99. The number of hydrogen-bond acceptors (Lipinski definition) is 2. The summed E-state index contributed by atoms with van der Waals surface area (Å²) in [6.45, 7) is 5.37. The van der Waals surface area contributed by atoms with Crippen LogP contribution < -0.4 is 5.32 Å². The quantitative estimate of drug-likeness (QED) is 0.872. The molecule has 0 aromatic heterocycles. The van der Waals surface area contributed by atoms with Crippen molar-refractivity contribution in [1.82, 2.24) is 10.2 Å². The number of likely N-dealkylation sites (N-methyl/N-ethyl adjacent to an activating group) is 1. The van der Waals surface area contributed by atoms with E-state index in [1.165, 1.54) is 18.4 Å². The fourth-order valence-corrected chi connectivity index (χ4v) is 2.68. The number of rotatable bonds is 6. The van der Waals surface area contributed by atoms with E-state index in [0.29, 0.717) is 12.6 Å². The van der Waals surface area contributed by atoms with Crippen LogP contribution in [0.25, 0.3) is 0 Å². The second-order valence-corrected chi connectivity index (χ2v) is 5.98. The van der Waals surface area contributed by atoms with Gasteiger partial charge in [-0.2, -0.15) is 0 Å². The van der Waals surface area contributed by atoms with Crippen LogP contribution in [0.5, 0.6) is 0 Å². The van der Waals surface area contributed by atoms with Crippen molar-refractivity contribution in [2.75, 3.05) is 13.1 Å². The summed E-state index contributed by atoms with van der Waals surface area (Å²) in [5.74, 6) is 0.215. The first-order valence-corrected chi connectivity index (χ1v) is 7.69. The fraction of sp³-hybridized carbons (Fsp3) is 0.533. The van der Waals surface area contributed by atoms with Crippen LogP contribution in [-0.2, 0) is 4.79 Å². The first-order valence-electron chi connectivity index (χ1n) is 6.90. The maximum absolute atomic E-state index is 12.1. The predicted molar refractivity (Wildman–Crippen MR) is 81.0 cm³/mol. The molecule has 0 unspecified atom stereocenters. The van der Waals surface area contributed by atoms with Crippen LogP contribution in [0.3, 0.4) is 0 Å². The van der Waals surface area contributed by atoms with Crippen LogP contribution in [0.15, 0.2) is 28.7 Å². The second kappa shape index (κ2) is 6.53. The molecule has 0 bridgehead atoms. The van der Waals surface area contributed by atoms with Gasteiger partial charge in [0.05, 0.1) is 6.54 Å². The molecule has 1 aliphatic rings. The number of carbonyl (C=O) groups excluding carboxylic acids is 1. The molecular formula is C15H21BrN2O. The molecule has 1 atom stereocenters. The Morgan fingerprint density at radius 2 is 2.26 bits per heavy atom. The topological polar surface area (TPSA) is 32.3 Å². The van der Waals surface area contributed by atoms with Gasteiger partial charge in [0.25, 0.3) is 0 Å². The van der Waals surface area contributed by atoms with E-state index in [1.807, 2.05) is 24.0 Å². The molecule has 1 amide bonds. The van der Waals surface area contributed by atoms with Gasteiger partial charge in [-0.25, -0.2) is 0 Å². The number of benzene rings is 1. The Morgan fingerprint density at radius 3 is 2.84 bits per heavy atom. The zero-order valence-corrected chi connectivity index (χ0v) is 13.1. The van der Waals surface area contributed by atoms with Gasteiger partial charge in [0.15, 0.2) is 0 Å². The van der Waals surface area contributed by atoms with E-state index in [4.69, 9.17) is 0 Å². The minimum Gasteiger partial charge on any atom is -0.339 e. The van der Waals surface area contributed by atoms with Gasteiger partial charge >= 0.3 is 0 Å². The summed E-state index contributed by atoms with van der Waals surface area (Å²) in [5, 5.41) is 3.31. The highest BCUT2D eigenvalue weighted by atomic mass is 79.9. The van der Waals surface area contributed by atoms with Crippen LogP contribution in [-0.4, -0.2) is 29.9 Å². The van der Waals surface area contributed by atoms with E-state index >= 15 is 0 Å². The summed E-state index contributed by atoms with van der Waals surface area (Å²) in [7, 11) is 0. The van der Waals surface area contributed by atoms with E-state index in [2.05, 4.69) is 40.3 Å². The molecule has 1 saturated carbocycles. The summed E-state index contributed by atoms with van der Waals surface area (Å²) in [6.07, 6.45) is 2.33. The highest BCUT2D eigenvalue weighted by Crippen LogP contribution is 2.26. The van der Waals surface area contributed by atoms with Crippen molar-refractivity contribution in [1.29, 1.82) is 0 Å². The Bertz CT molecular complexity index is 446. The first kappa shape index (κ1) is 14.5. The third-order valence-electron chi connectivity index (χ3n) is 3.56. The molecule has 4 heteroatoms. The second-order valence-electron chi connectivity index (χ2n) is 5.07. The Labute approximate surface area is 123 Å². The number of nitrogens with zero attached hydrogens (tertiary/aromatic N) is 1. The molecular weight excluding hydrogens is 304 g/mol. The predicted octanol–water partition coefficient (Wildman–Crippen LogP) is 3.11. The minimum absolute atomic E-state index is 0.180. The van der Waals surface area contributed by atoms with Crippen LogP contribution in [0.1, 0.15) is 38.3 Å². The van der Waals surface area contributed by atoms with Gasteiger partial charge in [0, 0.05) is 23.1 Å². The molecule has 1 aromatic rings. The zero-order valence-electron chi connectivity index (χ0n) is 11.5. The molecule has 1 aromatic carbocycles. The van der Waals surface area contributed by atoms with Gasteiger partial charge < -0.3 is 10.2 Å². The molecule has 1 fully saturated rings. The van der Waals surface area contributed by atoms with Crippen molar-refractivity contribution < 1.29 is 4.79 Å². The number of nitrogens with one attached hydrogen (secondary N) is 1. The Morgan fingerprint density at radius 1 is 1.53 bits per heavy atom. The van der Waals surface area contributed by atoms with Crippen molar-refractivity contribution in [3.63, 3.8) is 0 Å². The smallest absolute Gasteiger partial charge is 0.236 e. The summed E-state index contributed by atoms with van der Waals surface area (Å²) < 4.78 is 1.07. The van der Waals surface area contributed by atoms with Crippen molar-refractivity contribution >= 4 is 21.8 Å². The lowest BCUT2D eigenvalue weighted by Gasteiger charge is -2.22. The van der Waals surface area contributed by atoms with Gasteiger partial charge in [0.2, 0.25) is 5.91 Å². The molecule has 1 N–H and O–H groups in total. The van der Waals surface area contributed by atoms with E-state index in [9.17, 15) is 4.79 Å². The van der Waals surface area contributed by atoms with Gasteiger partial charge in [-0.15, -0.1) is 0 Å². The average molecular weight is 325 g/mol. The minimum atomic E-state index is 0.180. The molecule has 0 radical (unpaired) electrons. The fourth-order valence-electron chi connectivity index (χ4n) is 2.26. The summed E-state index contributed by atoms with van der Waals surface area (Å²) >= 11 is 3.47. The van der Waals surface area contributed by atoms with Gasteiger partial charge in [-0.1, -0.05) is 28.1 Å². The Hall–Kier alpha value is -0.870. The number of carbonyl (C=O) groups is 1. The lowest BCUT2D eigenvalue weighted by molar-refractivity contribution is -0.130. The first-order chi connectivity index (χ1) is 9.11. The molecule has 1 aliphatic carbocycles. The molecule has 19 heavy (non-hydrogen) atoms. The maximum Gasteiger partial charge on any atom is 0.236 e. The largest absolute Gasteiger partial charge is 0.339 e. The van der Waals surface area contributed by atoms with Gasteiger partial charge in [-0.3, -0.25) is 4.79 Å².